The molecule has 7 heteroatoms. The molecule has 1 amide bonds. The van der Waals surface area contributed by atoms with E-state index in [0.29, 0.717) is 20.0 Å². The highest BCUT2D eigenvalue weighted by atomic mass is 35.5. The van der Waals surface area contributed by atoms with Gasteiger partial charge in [-0.15, -0.1) is 11.3 Å². The number of hydrogen-bond acceptors (Lipinski definition) is 4. The molecule has 1 N–H and O–H groups in total. The second-order valence-electron chi connectivity index (χ2n) is 3.26. The van der Waals surface area contributed by atoms with E-state index < -0.39 is 4.92 Å². The summed E-state index contributed by atoms with van der Waals surface area (Å²) in [5, 5.41) is 14.1. The van der Waals surface area contributed by atoms with E-state index in [2.05, 4.69) is 5.32 Å². The molecule has 0 fully saturated rings. The molecule has 0 bridgehead atoms. The van der Waals surface area contributed by atoms with E-state index in [9.17, 15) is 14.9 Å². The molecule has 0 saturated heterocycles. The van der Waals surface area contributed by atoms with Crippen LogP contribution in [0.5, 0.6) is 0 Å². The molecule has 0 aliphatic rings. The van der Waals surface area contributed by atoms with Crippen LogP contribution in [-0.2, 0) is 0 Å². The van der Waals surface area contributed by atoms with Crippen LogP contribution in [-0.4, -0.2) is 17.9 Å². The van der Waals surface area contributed by atoms with Gasteiger partial charge in [-0.3, -0.25) is 14.9 Å². The summed E-state index contributed by atoms with van der Waals surface area (Å²) in [6.07, 6.45) is 0. The lowest BCUT2D eigenvalue weighted by Gasteiger charge is -1.94. The Morgan fingerprint density at radius 2 is 2.24 bits per heavy atom. The molecule has 1 heterocycles. The van der Waals surface area contributed by atoms with Gasteiger partial charge in [0, 0.05) is 29.3 Å². The lowest BCUT2D eigenvalue weighted by Crippen LogP contribution is -2.16. The molecular formula is C10H7ClN2O3S. The highest BCUT2D eigenvalue weighted by Crippen LogP contribution is 2.36. The second-order valence-corrected chi connectivity index (χ2v) is 4.69. The highest BCUT2D eigenvalue weighted by molar-refractivity contribution is 7.21. The van der Waals surface area contributed by atoms with Gasteiger partial charge in [-0.05, 0) is 6.07 Å². The predicted molar refractivity (Wildman–Crippen MR) is 66.9 cm³/mol. The van der Waals surface area contributed by atoms with Crippen LogP contribution in [0.2, 0.25) is 5.02 Å². The molecule has 0 radical (unpaired) electrons. The van der Waals surface area contributed by atoms with Gasteiger partial charge >= 0.3 is 0 Å². The maximum absolute atomic E-state index is 11.5. The molecular weight excluding hydrogens is 264 g/mol. The van der Waals surface area contributed by atoms with Gasteiger partial charge in [0.25, 0.3) is 11.6 Å². The number of carbonyl (C=O) groups is 1. The summed E-state index contributed by atoms with van der Waals surface area (Å²) in [7, 11) is 1.51. The Hall–Kier alpha value is -1.66. The monoisotopic (exact) mass is 270 g/mol. The number of thiophene rings is 1. The largest absolute Gasteiger partial charge is 0.354 e. The lowest BCUT2D eigenvalue weighted by molar-refractivity contribution is -0.384. The molecule has 17 heavy (non-hydrogen) atoms. The van der Waals surface area contributed by atoms with Crippen LogP contribution in [0.1, 0.15) is 9.67 Å². The topological polar surface area (TPSA) is 72.2 Å². The van der Waals surface area contributed by atoms with Gasteiger partial charge in [0.1, 0.15) is 4.88 Å². The highest BCUT2D eigenvalue weighted by Gasteiger charge is 2.17. The zero-order chi connectivity index (χ0) is 12.6. The number of carbonyl (C=O) groups excluding carboxylic acids is 1. The number of halogens is 1. The first kappa shape index (κ1) is 11.8. The fourth-order valence-electron chi connectivity index (χ4n) is 1.43. The molecule has 2 aromatic rings. The van der Waals surface area contributed by atoms with Gasteiger partial charge in [-0.2, -0.15) is 0 Å². The van der Waals surface area contributed by atoms with Gasteiger partial charge in [-0.1, -0.05) is 11.6 Å². The third-order valence-corrected chi connectivity index (χ3v) is 3.91. The number of non-ortho nitro benzene ring substituents is 1. The Morgan fingerprint density at radius 3 is 2.82 bits per heavy atom. The van der Waals surface area contributed by atoms with Gasteiger partial charge in [0.05, 0.1) is 9.95 Å². The van der Waals surface area contributed by atoms with Crippen molar-refractivity contribution in [2.45, 2.75) is 0 Å². The van der Waals surface area contributed by atoms with Crippen molar-refractivity contribution in [3.05, 3.63) is 38.2 Å². The first-order valence-corrected chi connectivity index (χ1v) is 5.82. The molecule has 1 aromatic carbocycles. The van der Waals surface area contributed by atoms with E-state index in [0.717, 1.165) is 11.3 Å². The number of nitro benzene ring substituents is 1. The maximum atomic E-state index is 11.5. The quantitative estimate of drug-likeness (QED) is 0.674. The van der Waals surface area contributed by atoms with E-state index in [1.165, 1.54) is 19.2 Å². The predicted octanol–water partition coefficient (Wildman–Crippen LogP) is 2.82. The molecule has 0 unspecified atom stereocenters. The van der Waals surface area contributed by atoms with Crippen molar-refractivity contribution in [2.24, 2.45) is 0 Å². The summed E-state index contributed by atoms with van der Waals surface area (Å²) in [4.78, 5) is 22.0. The van der Waals surface area contributed by atoms with Gasteiger partial charge in [0.15, 0.2) is 0 Å². The molecule has 0 aliphatic heterocycles. The molecule has 0 atom stereocenters. The van der Waals surface area contributed by atoms with Crippen LogP contribution in [0.4, 0.5) is 5.69 Å². The standard InChI is InChI=1S/C10H7ClN2O3S/c1-12-10(14)9-8(11)6-3-2-5(13(15)16)4-7(6)17-9/h2-4H,1H3,(H,12,14). The molecule has 88 valence electrons. The number of nitrogens with one attached hydrogen (secondary N) is 1. The van der Waals surface area contributed by atoms with Crippen molar-refractivity contribution in [2.75, 3.05) is 7.05 Å². The minimum Gasteiger partial charge on any atom is -0.354 e. The smallest absolute Gasteiger partial charge is 0.270 e. The van der Waals surface area contributed by atoms with Crippen molar-refractivity contribution in [3.8, 4) is 0 Å². The summed E-state index contributed by atoms with van der Waals surface area (Å²) in [5.41, 5.74) is -0.0149. The zero-order valence-corrected chi connectivity index (χ0v) is 10.3. The Labute approximate surface area is 105 Å². The summed E-state index contributed by atoms with van der Waals surface area (Å²) >= 11 is 7.18. The minimum atomic E-state index is -0.480. The molecule has 0 saturated carbocycles. The van der Waals surface area contributed by atoms with Crippen LogP contribution < -0.4 is 5.32 Å². The number of amides is 1. The van der Waals surface area contributed by atoms with E-state index in [4.69, 9.17) is 11.6 Å². The Balaban J connectivity index is 2.65. The summed E-state index contributed by atoms with van der Waals surface area (Å²) < 4.78 is 0.628. The summed E-state index contributed by atoms with van der Waals surface area (Å²) in [6, 6.07) is 4.34. The average Bonchev–Trinajstić information content (AvgIpc) is 2.65. The van der Waals surface area contributed by atoms with Gasteiger partial charge in [-0.25, -0.2) is 0 Å². The van der Waals surface area contributed by atoms with Gasteiger partial charge in [0.2, 0.25) is 0 Å². The van der Waals surface area contributed by atoms with Crippen LogP contribution in [0.15, 0.2) is 18.2 Å². The normalized spacial score (nSPS) is 10.5. The number of nitro groups is 1. The lowest BCUT2D eigenvalue weighted by atomic mass is 10.2. The van der Waals surface area contributed by atoms with Crippen molar-refractivity contribution in [3.63, 3.8) is 0 Å². The van der Waals surface area contributed by atoms with Crippen LogP contribution in [0.3, 0.4) is 0 Å². The van der Waals surface area contributed by atoms with E-state index in [1.807, 2.05) is 0 Å². The fraction of sp³-hybridized carbons (Fsp3) is 0.100. The van der Waals surface area contributed by atoms with Crippen molar-refractivity contribution in [1.29, 1.82) is 0 Å². The number of nitrogens with zero attached hydrogens (tertiary/aromatic N) is 1. The summed E-state index contributed by atoms with van der Waals surface area (Å²) in [5.74, 6) is -0.293. The van der Waals surface area contributed by atoms with E-state index in [1.54, 1.807) is 6.07 Å². The minimum absolute atomic E-state index is 0.0149. The first-order valence-electron chi connectivity index (χ1n) is 4.63. The SMILES string of the molecule is CNC(=O)c1sc2cc([N+](=O)[O-])ccc2c1Cl. The second kappa shape index (κ2) is 4.31. The van der Waals surface area contributed by atoms with E-state index in [-0.39, 0.29) is 11.6 Å². The zero-order valence-electron chi connectivity index (χ0n) is 8.69. The number of rotatable bonds is 2. The van der Waals surface area contributed by atoms with E-state index >= 15 is 0 Å². The average molecular weight is 271 g/mol. The Bertz CT molecular complexity index is 623. The first-order chi connectivity index (χ1) is 8.04. The van der Waals surface area contributed by atoms with Crippen LogP contribution in [0.25, 0.3) is 10.1 Å². The van der Waals surface area contributed by atoms with Crippen molar-refractivity contribution in [1.82, 2.24) is 5.32 Å². The maximum Gasteiger partial charge on any atom is 0.270 e. The third kappa shape index (κ3) is 1.96. The van der Waals surface area contributed by atoms with Crippen molar-refractivity contribution >= 4 is 44.6 Å². The molecule has 5 nitrogen and oxygen atoms in total. The van der Waals surface area contributed by atoms with Crippen LogP contribution >= 0.6 is 22.9 Å². The van der Waals surface area contributed by atoms with Crippen molar-refractivity contribution < 1.29 is 9.72 Å². The fourth-order valence-corrected chi connectivity index (χ4v) is 2.92. The molecule has 0 aliphatic carbocycles. The van der Waals surface area contributed by atoms with Gasteiger partial charge < -0.3 is 5.32 Å². The number of benzene rings is 1. The summed E-state index contributed by atoms with van der Waals surface area (Å²) in [6.45, 7) is 0. The Kier molecular flexibility index (Phi) is 2.99. The Morgan fingerprint density at radius 1 is 1.53 bits per heavy atom. The molecule has 2 rings (SSSR count). The molecule has 0 spiro atoms. The van der Waals surface area contributed by atoms with Crippen LogP contribution in [0, 0.1) is 10.1 Å². The molecule has 1 aromatic heterocycles. The number of fused-ring (bicyclic) bond motifs is 1. The number of hydrogen-bond donors (Lipinski definition) is 1. The third-order valence-electron chi connectivity index (χ3n) is 2.26.